The predicted molar refractivity (Wildman–Crippen MR) is 66.6 cm³/mol. The lowest BCUT2D eigenvalue weighted by Gasteiger charge is -2.10. The van der Waals surface area contributed by atoms with Gasteiger partial charge in [-0.2, -0.15) is 0 Å². The maximum Gasteiger partial charge on any atom is 0.178 e. The molecule has 0 unspecified atom stereocenters. The smallest absolute Gasteiger partial charge is 0.178 e. The van der Waals surface area contributed by atoms with E-state index in [1.165, 1.54) is 11.9 Å². The summed E-state index contributed by atoms with van der Waals surface area (Å²) in [6, 6.07) is 8.27. The van der Waals surface area contributed by atoms with Gasteiger partial charge >= 0.3 is 0 Å². The van der Waals surface area contributed by atoms with Crippen molar-refractivity contribution >= 4 is 23.3 Å². The molecular formula is C12H16N2S. The molecule has 1 N–H and O–H groups in total. The molecule has 0 bridgehead atoms. The predicted octanol–water partition coefficient (Wildman–Crippen LogP) is 3.74. The molecule has 0 radical (unpaired) electrons. The first-order chi connectivity index (χ1) is 7.22. The van der Waals surface area contributed by atoms with E-state index >= 15 is 0 Å². The Morgan fingerprint density at radius 1 is 1.40 bits per heavy atom. The molecule has 0 aliphatic carbocycles. The van der Waals surface area contributed by atoms with E-state index in [-0.39, 0.29) is 0 Å². The van der Waals surface area contributed by atoms with Gasteiger partial charge < -0.3 is 9.55 Å². The number of rotatable bonds is 3. The minimum atomic E-state index is 0.663. The van der Waals surface area contributed by atoms with Crippen molar-refractivity contribution in [2.24, 2.45) is 5.92 Å². The SMILES string of the molecule is CC[C@H](C)Cn1c(=S)[nH]c2ccccc21. The fraction of sp³-hybridized carbons (Fsp3) is 0.417. The maximum atomic E-state index is 5.33. The topological polar surface area (TPSA) is 20.7 Å². The molecule has 0 saturated heterocycles. The van der Waals surface area contributed by atoms with Crippen LogP contribution in [0, 0.1) is 10.7 Å². The molecule has 0 fully saturated rings. The number of hydrogen-bond donors (Lipinski definition) is 1. The molecule has 1 heterocycles. The van der Waals surface area contributed by atoms with Crippen molar-refractivity contribution in [1.82, 2.24) is 9.55 Å². The fourth-order valence-electron chi connectivity index (χ4n) is 1.73. The van der Waals surface area contributed by atoms with Crippen LogP contribution in [0.2, 0.25) is 0 Å². The average molecular weight is 220 g/mol. The summed E-state index contributed by atoms with van der Waals surface area (Å²) in [4.78, 5) is 3.23. The fourth-order valence-corrected chi connectivity index (χ4v) is 2.01. The lowest BCUT2D eigenvalue weighted by molar-refractivity contribution is 0.473. The van der Waals surface area contributed by atoms with Gasteiger partial charge in [-0.3, -0.25) is 0 Å². The van der Waals surface area contributed by atoms with E-state index in [4.69, 9.17) is 12.2 Å². The Bertz CT molecular complexity index is 510. The van der Waals surface area contributed by atoms with Crippen LogP contribution in [0.15, 0.2) is 24.3 Å². The summed E-state index contributed by atoms with van der Waals surface area (Å²) >= 11 is 5.33. The van der Waals surface area contributed by atoms with Crippen molar-refractivity contribution < 1.29 is 0 Å². The largest absolute Gasteiger partial charge is 0.331 e. The molecular weight excluding hydrogens is 204 g/mol. The highest BCUT2D eigenvalue weighted by molar-refractivity contribution is 7.71. The van der Waals surface area contributed by atoms with Crippen molar-refractivity contribution in [1.29, 1.82) is 0 Å². The second kappa shape index (κ2) is 4.19. The summed E-state index contributed by atoms with van der Waals surface area (Å²) in [6.07, 6.45) is 1.18. The number of H-pyrrole nitrogens is 1. The summed E-state index contributed by atoms with van der Waals surface area (Å²) in [5.41, 5.74) is 2.34. The molecule has 0 aliphatic heterocycles. The minimum absolute atomic E-state index is 0.663. The molecule has 1 aromatic heterocycles. The summed E-state index contributed by atoms with van der Waals surface area (Å²) in [6.45, 7) is 5.46. The van der Waals surface area contributed by atoms with Crippen LogP contribution in [0.5, 0.6) is 0 Å². The molecule has 0 aliphatic rings. The molecule has 1 atom stereocenters. The molecule has 2 nitrogen and oxygen atoms in total. The first kappa shape index (κ1) is 10.4. The van der Waals surface area contributed by atoms with Crippen LogP contribution in [0.3, 0.4) is 0 Å². The Kier molecular flexibility index (Phi) is 2.91. The number of nitrogens with one attached hydrogen (secondary N) is 1. The van der Waals surface area contributed by atoms with Crippen molar-refractivity contribution in [3.8, 4) is 0 Å². The van der Waals surface area contributed by atoms with E-state index in [2.05, 4.69) is 41.6 Å². The second-order valence-corrected chi connectivity index (χ2v) is 4.46. The lowest BCUT2D eigenvalue weighted by Crippen LogP contribution is -2.06. The maximum absolute atomic E-state index is 5.33. The van der Waals surface area contributed by atoms with Crippen LogP contribution >= 0.6 is 12.2 Å². The lowest BCUT2D eigenvalue weighted by atomic mass is 10.1. The third kappa shape index (κ3) is 1.97. The van der Waals surface area contributed by atoms with Gasteiger partial charge in [0.15, 0.2) is 4.77 Å². The third-order valence-corrected chi connectivity index (χ3v) is 3.20. The molecule has 3 heteroatoms. The van der Waals surface area contributed by atoms with Gasteiger partial charge in [0.25, 0.3) is 0 Å². The molecule has 0 spiro atoms. The van der Waals surface area contributed by atoms with Gasteiger partial charge in [-0.05, 0) is 30.3 Å². The number of aromatic amines is 1. The van der Waals surface area contributed by atoms with E-state index < -0.39 is 0 Å². The van der Waals surface area contributed by atoms with Crippen LogP contribution in [0.4, 0.5) is 0 Å². The van der Waals surface area contributed by atoms with E-state index in [9.17, 15) is 0 Å². The summed E-state index contributed by atoms with van der Waals surface area (Å²) in [5.74, 6) is 0.663. The van der Waals surface area contributed by atoms with Gasteiger partial charge in [-0.15, -0.1) is 0 Å². The molecule has 0 saturated carbocycles. The van der Waals surface area contributed by atoms with Crippen LogP contribution in [0.1, 0.15) is 20.3 Å². The normalized spacial score (nSPS) is 13.2. The molecule has 15 heavy (non-hydrogen) atoms. The van der Waals surface area contributed by atoms with Gasteiger partial charge in [0.1, 0.15) is 0 Å². The zero-order chi connectivity index (χ0) is 10.8. The number of nitrogens with zero attached hydrogens (tertiary/aromatic N) is 1. The van der Waals surface area contributed by atoms with Crippen LogP contribution in [0.25, 0.3) is 11.0 Å². The monoisotopic (exact) mass is 220 g/mol. The van der Waals surface area contributed by atoms with E-state index in [0.717, 1.165) is 16.8 Å². The molecule has 2 aromatic rings. The highest BCUT2D eigenvalue weighted by Gasteiger charge is 2.06. The van der Waals surface area contributed by atoms with Crippen LogP contribution in [-0.2, 0) is 6.54 Å². The van der Waals surface area contributed by atoms with Gasteiger partial charge in [0.2, 0.25) is 0 Å². The quantitative estimate of drug-likeness (QED) is 0.781. The van der Waals surface area contributed by atoms with E-state index in [0.29, 0.717) is 5.92 Å². The molecule has 1 aromatic carbocycles. The van der Waals surface area contributed by atoms with Crippen molar-refractivity contribution in [3.63, 3.8) is 0 Å². The van der Waals surface area contributed by atoms with Gasteiger partial charge in [0.05, 0.1) is 11.0 Å². The molecule has 2 rings (SSSR count). The van der Waals surface area contributed by atoms with Crippen LogP contribution in [-0.4, -0.2) is 9.55 Å². The first-order valence-electron chi connectivity index (χ1n) is 5.40. The van der Waals surface area contributed by atoms with Gasteiger partial charge in [-0.25, -0.2) is 0 Å². The summed E-state index contributed by atoms with van der Waals surface area (Å²) in [7, 11) is 0. The van der Waals surface area contributed by atoms with Gasteiger partial charge in [-0.1, -0.05) is 32.4 Å². The van der Waals surface area contributed by atoms with Crippen molar-refractivity contribution in [3.05, 3.63) is 29.0 Å². The van der Waals surface area contributed by atoms with Crippen LogP contribution < -0.4 is 0 Å². The zero-order valence-corrected chi connectivity index (χ0v) is 9.97. The number of para-hydroxylation sites is 2. The summed E-state index contributed by atoms with van der Waals surface area (Å²) in [5, 5.41) is 0. The zero-order valence-electron chi connectivity index (χ0n) is 9.16. The number of aromatic nitrogens is 2. The Morgan fingerprint density at radius 2 is 2.13 bits per heavy atom. The standard InChI is InChI=1S/C12H16N2S/c1-3-9(2)8-14-11-7-5-4-6-10(11)13-12(14)15/h4-7,9H,3,8H2,1-2H3,(H,13,15)/t9-/m0/s1. The minimum Gasteiger partial charge on any atom is -0.331 e. The van der Waals surface area contributed by atoms with E-state index in [1.807, 2.05) is 6.07 Å². The highest BCUT2D eigenvalue weighted by atomic mass is 32.1. The Balaban J connectivity index is 2.50. The number of imidazole rings is 1. The Hall–Kier alpha value is -1.09. The highest BCUT2D eigenvalue weighted by Crippen LogP contribution is 2.16. The third-order valence-electron chi connectivity index (χ3n) is 2.87. The Morgan fingerprint density at radius 3 is 2.87 bits per heavy atom. The van der Waals surface area contributed by atoms with Crippen molar-refractivity contribution in [2.75, 3.05) is 0 Å². The van der Waals surface area contributed by atoms with E-state index in [1.54, 1.807) is 0 Å². The average Bonchev–Trinajstić information content (AvgIpc) is 2.55. The second-order valence-electron chi connectivity index (χ2n) is 4.07. The first-order valence-corrected chi connectivity index (χ1v) is 5.80. The summed E-state index contributed by atoms with van der Waals surface area (Å²) < 4.78 is 3.02. The van der Waals surface area contributed by atoms with Crippen molar-refractivity contribution in [2.45, 2.75) is 26.8 Å². The number of benzene rings is 1. The molecule has 80 valence electrons. The Labute approximate surface area is 94.9 Å². The van der Waals surface area contributed by atoms with Gasteiger partial charge in [0, 0.05) is 6.54 Å². The number of hydrogen-bond acceptors (Lipinski definition) is 1. The number of fused-ring (bicyclic) bond motifs is 1. The molecule has 0 amide bonds.